The predicted molar refractivity (Wildman–Crippen MR) is 95.0 cm³/mol. The van der Waals surface area contributed by atoms with E-state index in [0.717, 1.165) is 5.56 Å². The van der Waals surface area contributed by atoms with Crippen LogP contribution in [0.1, 0.15) is 30.8 Å². The van der Waals surface area contributed by atoms with Gasteiger partial charge in [-0.1, -0.05) is 42.5 Å². The summed E-state index contributed by atoms with van der Waals surface area (Å²) in [6.07, 6.45) is 0. The summed E-state index contributed by atoms with van der Waals surface area (Å²) < 4.78 is 29.2. The molecule has 0 unspecified atom stereocenters. The number of ether oxygens (including phenoxy) is 1. The Morgan fingerprint density at radius 3 is 2.29 bits per heavy atom. The van der Waals surface area contributed by atoms with Crippen molar-refractivity contribution >= 4 is 7.60 Å². The molecule has 0 bridgehead atoms. The van der Waals surface area contributed by atoms with Crippen molar-refractivity contribution in [2.75, 3.05) is 13.2 Å². The van der Waals surface area contributed by atoms with E-state index in [1.54, 1.807) is 26.0 Å². The molecule has 0 radical (unpaired) electrons. The van der Waals surface area contributed by atoms with Crippen molar-refractivity contribution in [2.24, 2.45) is 5.73 Å². The molecular weight excluding hydrogens is 325 g/mol. The van der Waals surface area contributed by atoms with Crippen molar-refractivity contribution < 1.29 is 18.3 Å². The van der Waals surface area contributed by atoms with E-state index in [9.17, 15) is 4.57 Å². The van der Waals surface area contributed by atoms with Gasteiger partial charge in [-0.2, -0.15) is 0 Å². The number of hydrogen-bond donors (Lipinski definition) is 1. The van der Waals surface area contributed by atoms with E-state index in [1.807, 2.05) is 42.5 Å². The topological polar surface area (TPSA) is 70.8 Å². The monoisotopic (exact) mass is 349 g/mol. The maximum Gasteiger partial charge on any atom is 0.351 e. The highest BCUT2D eigenvalue weighted by Crippen LogP contribution is 2.58. The van der Waals surface area contributed by atoms with E-state index in [1.165, 1.54) is 0 Å². The Bertz CT molecular complexity index is 668. The third-order valence-electron chi connectivity index (χ3n) is 3.41. The van der Waals surface area contributed by atoms with Gasteiger partial charge < -0.3 is 19.5 Å². The molecule has 130 valence electrons. The number of rotatable bonds is 9. The highest BCUT2D eigenvalue weighted by Gasteiger charge is 2.34. The van der Waals surface area contributed by atoms with Crippen LogP contribution in [0.5, 0.6) is 5.75 Å². The van der Waals surface area contributed by atoms with Crippen molar-refractivity contribution in [3.8, 4) is 5.75 Å². The minimum absolute atomic E-state index is 0.273. The zero-order valence-electron chi connectivity index (χ0n) is 14.1. The lowest BCUT2D eigenvalue weighted by Crippen LogP contribution is -2.15. The third-order valence-corrected chi connectivity index (χ3v) is 5.62. The minimum atomic E-state index is -3.41. The summed E-state index contributed by atoms with van der Waals surface area (Å²) in [7, 11) is -3.41. The van der Waals surface area contributed by atoms with Crippen molar-refractivity contribution in [2.45, 2.75) is 26.2 Å². The standard InChI is InChI=1S/C18H24NO4P/c1-3-22-24(20,23-4-2)18(19)16-11-8-12-17(13-16)21-14-15-9-6-5-7-10-15/h5-13,18H,3-4,14,19H2,1-2H3/t18-/m0/s1. The largest absolute Gasteiger partial charge is 0.489 e. The molecule has 2 N–H and O–H groups in total. The van der Waals surface area contributed by atoms with E-state index in [4.69, 9.17) is 19.5 Å². The molecule has 0 aromatic heterocycles. The van der Waals surface area contributed by atoms with Gasteiger partial charge in [-0.25, -0.2) is 0 Å². The fourth-order valence-corrected chi connectivity index (χ4v) is 3.91. The highest BCUT2D eigenvalue weighted by molar-refractivity contribution is 7.54. The maximum atomic E-state index is 12.8. The van der Waals surface area contributed by atoms with E-state index in [2.05, 4.69) is 0 Å². The molecule has 2 aromatic rings. The second kappa shape index (κ2) is 9.00. The van der Waals surface area contributed by atoms with Gasteiger partial charge in [-0.05, 0) is 37.1 Å². The number of nitrogens with two attached hydrogens (primary N) is 1. The molecule has 5 nitrogen and oxygen atoms in total. The lowest BCUT2D eigenvalue weighted by atomic mass is 10.2. The molecule has 0 amide bonds. The van der Waals surface area contributed by atoms with E-state index >= 15 is 0 Å². The molecule has 0 aliphatic carbocycles. The van der Waals surface area contributed by atoms with Crippen molar-refractivity contribution in [3.05, 3.63) is 65.7 Å². The van der Waals surface area contributed by atoms with Gasteiger partial charge in [-0.15, -0.1) is 0 Å². The van der Waals surface area contributed by atoms with Gasteiger partial charge >= 0.3 is 7.60 Å². The molecule has 0 aliphatic heterocycles. The van der Waals surface area contributed by atoms with Gasteiger partial charge in [0.15, 0.2) is 0 Å². The van der Waals surface area contributed by atoms with E-state index < -0.39 is 13.4 Å². The molecule has 0 aliphatic rings. The number of hydrogen-bond acceptors (Lipinski definition) is 5. The number of benzene rings is 2. The zero-order chi connectivity index (χ0) is 17.4. The van der Waals surface area contributed by atoms with Gasteiger partial charge in [0, 0.05) is 0 Å². The van der Waals surface area contributed by atoms with Gasteiger partial charge in [-0.3, -0.25) is 4.57 Å². The van der Waals surface area contributed by atoms with Gasteiger partial charge in [0.05, 0.1) is 13.2 Å². The summed E-state index contributed by atoms with van der Waals surface area (Å²) in [5.41, 5.74) is 7.88. The van der Waals surface area contributed by atoms with Crippen LogP contribution in [0.4, 0.5) is 0 Å². The van der Waals surface area contributed by atoms with E-state index in [-0.39, 0.29) is 13.2 Å². The zero-order valence-corrected chi connectivity index (χ0v) is 14.9. The minimum Gasteiger partial charge on any atom is -0.489 e. The molecular formula is C18H24NO4P. The molecule has 0 fully saturated rings. The van der Waals surface area contributed by atoms with Crippen LogP contribution in [0.2, 0.25) is 0 Å². The van der Waals surface area contributed by atoms with Crippen molar-refractivity contribution in [1.29, 1.82) is 0 Å². The second-order valence-corrected chi connectivity index (χ2v) is 7.32. The van der Waals surface area contributed by atoms with E-state index in [0.29, 0.717) is 17.9 Å². The smallest absolute Gasteiger partial charge is 0.351 e. The Hall–Kier alpha value is -1.65. The summed E-state index contributed by atoms with van der Waals surface area (Å²) in [6.45, 7) is 4.52. The average molecular weight is 349 g/mol. The Balaban J connectivity index is 2.12. The van der Waals surface area contributed by atoms with Crippen LogP contribution in [-0.2, 0) is 20.2 Å². The summed E-state index contributed by atoms with van der Waals surface area (Å²) in [5.74, 6) is -0.191. The van der Waals surface area contributed by atoms with Gasteiger partial charge in [0.2, 0.25) is 0 Å². The summed E-state index contributed by atoms with van der Waals surface area (Å²) >= 11 is 0. The van der Waals surface area contributed by atoms with Crippen LogP contribution in [0.3, 0.4) is 0 Å². The first kappa shape index (κ1) is 18.7. The van der Waals surface area contributed by atoms with Gasteiger partial charge in [0.25, 0.3) is 0 Å². The summed E-state index contributed by atoms with van der Waals surface area (Å²) in [4.78, 5) is 0. The predicted octanol–water partition coefficient (Wildman–Crippen LogP) is 4.49. The lowest BCUT2D eigenvalue weighted by Gasteiger charge is -2.23. The summed E-state index contributed by atoms with van der Waals surface area (Å²) in [5, 5.41) is 0. The lowest BCUT2D eigenvalue weighted by molar-refractivity contribution is 0.212. The molecule has 0 heterocycles. The van der Waals surface area contributed by atoms with Crippen LogP contribution in [0, 0.1) is 0 Å². The fourth-order valence-electron chi connectivity index (χ4n) is 2.27. The molecule has 24 heavy (non-hydrogen) atoms. The van der Waals surface area contributed by atoms with Crippen LogP contribution in [0.25, 0.3) is 0 Å². The molecule has 6 heteroatoms. The quantitative estimate of drug-likeness (QED) is 0.676. The van der Waals surface area contributed by atoms with Gasteiger partial charge in [0.1, 0.15) is 18.1 Å². The highest BCUT2D eigenvalue weighted by atomic mass is 31.2. The molecule has 2 aromatic carbocycles. The van der Waals surface area contributed by atoms with Crippen LogP contribution >= 0.6 is 7.60 Å². The molecule has 0 spiro atoms. The molecule has 2 rings (SSSR count). The Morgan fingerprint density at radius 1 is 1.00 bits per heavy atom. The molecule has 0 saturated heterocycles. The first-order valence-electron chi connectivity index (χ1n) is 8.00. The van der Waals surface area contributed by atoms with Crippen LogP contribution < -0.4 is 10.5 Å². The van der Waals surface area contributed by atoms with Crippen LogP contribution in [0.15, 0.2) is 54.6 Å². The second-order valence-electron chi connectivity index (χ2n) is 5.17. The fraction of sp³-hybridized carbons (Fsp3) is 0.333. The Kier molecular flexibility index (Phi) is 7.00. The van der Waals surface area contributed by atoms with Crippen LogP contribution in [-0.4, -0.2) is 13.2 Å². The molecule has 0 saturated carbocycles. The normalized spacial score (nSPS) is 12.8. The maximum absolute atomic E-state index is 12.8. The first-order chi connectivity index (χ1) is 11.6. The Morgan fingerprint density at radius 2 is 1.67 bits per heavy atom. The van der Waals surface area contributed by atoms with Crippen molar-refractivity contribution in [1.82, 2.24) is 0 Å². The SMILES string of the molecule is CCOP(=O)(OCC)[C@H](N)c1cccc(OCc2ccccc2)c1. The van der Waals surface area contributed by atoms with Crippen molar-refractivity contribution in [3.63, 3.8) is 0 Å². The third kappa shape index (κ3) is 4.92. The Labute approximate surface area is 143 Å². The first-order valence-corrected chi connectivity index (χ1v) is 9.61. The molecule has 1 atom stereocenters. The average Bonchev–Trinajstić information content (AvgIpc) is 2.61. The summed E-state index contributed by atoms with van der Waals surface area (Å²) in [6, 6.07) is 17.1.